The second-order valence-electron chi connectivity index (χ2n) is 4.55. The molecule has 7 nitrogen and oxygen atoms in total. The Balaban J connectivity index is 1.88. The second kappa shape index (κ2) is 5.70. The van der Waals surface area contributed by atoms with Crippen LogP contribution in [0.4, 0.5) is 5.69 Å². The van der Waals surface area contributed by atoms with Gasteiger partial charge in [-0.05, 0) is 19.8 Å². The molecule has 0 unspecified atom stereocenters. The highest BCUT2D eigenvalue weighted by atomic mass is 32.2. The average molecular weight is 286 g/mol. The van der Waals surface area contributed by atoms with Gasteiger partial charge in [0, 0.05) is 25.2 Å². The van der Waals surface area contributed by atoms with E-state index in [1.807, 2.05) is 0 Å². The predicted molar refractivity (Wildman–Crippen MR) is 71.0 cm³/mol. The molecule has 2 heterocycles. The van der Waals surface area contributed by atoms with Gasteiger partial charge in [-0.25, -0.2) is 12.7 Å². The summed E-state index contributed by atoms with van der Waals surface area (Å²) in [4.78, 5) is 12.0. The molecule has 2 rings (SSSR count). The van der Waals surface area contributed by atoms with Crippen LogP contribution >= 0.6 is 0 Å². The summed E-state index contributed by atoms with van der Waals surface area (Å²) in [6.07, 6.45) is 4.26. The Hall–Kier alpha value is -1.41. The number of carbonyl (C=O) groups is 1. The van der Waals surface area contributed by atoms with Crippen molar-refractivity contribution in [2.24, 2.45) is 5.92 Å². The van der Waals surface area contributed by atoms with Crippen molar-refractivity contribution in [2.75, 3.05) is 24.2 Å². The van der Waals surface area contributed by atoms with E-state index in [1.165, 1.54) is 10.5 Å². The van der Waals surface area contributed by atoms with Crippen molar-refractivity contribution in [3.63, 3.8) is 0 Å². The normalized spacial score (nSPS) is 18.4. The standard InChI is InChI=1S/C11H18N4O3S/c1-2-19(17,18)15-5-3-9(4-6-15)11(16)14-10-7-12-13-8-10/h7-9H,2-6H2,1H3,(H,12,13)(H,14,16). The largest absolute Gasteiger partial charge is 0.323 e. The molecule has 0 bridgehead atoms. The molecule has 0 spiro atoms. The Bertz CT molecular complexity index is 518. The maximum Gasteiger partial charge on any atom is 0.227 e. The van der Waals surface area contributed by atoms with Crippen LogP contribution in [0.15, 0.2) is 12.4 Å². The molecule has 2 N–H and O–H groups in total. The van der Waals surface area contributed by atoms with E-state index >= 15 is 0 Å². The van der Waals surface area contributed by atoms with Crippen LogP contribution in [0.25, 0.3) is 0 Å². The quantitative estimate of drug-likeness (QED) is 0.838. The molecule has 0 aromatic carbocycles. The zero-order valence-electron chi connectivity index (χ0n) is 10.8. The van der Waals surface area contributed by atoms with Crippen LogP contribution in [0.5, 0.6) is 0 Å². The molecule has 1 amide bonds. The number of hydrogen-bond acceptors (Lipinski definition) is 4. The fourth-order valence-corrected chi connectivity index (χ4v) is 3.27. The van der Waals surface area contributed by atoms with Gasteiger partial charge in [-0.3, -0.25) is 9.89 Å². The highest BCUT2D eigenvalue weighted by molar-refractivity contribution is 7.89. The van der Waals surface area contributed by atoms with Gasteiger partial charge in [0.2, 0.25) is 15.9 Å². The van der Waals surface area contributed by atoms with Gasteiger partial charge in [0.25, 0.3) is 0 Å². The molecule has 1 fully saturated rings. The number of rotatable bonds is 4. The first-order chi connectivity index (χ1) is 9.03. The van der Waals surface area contributed by atoms with E-state index in [1.54, 1.807) is 13.1 Å². The lowest BCUT2D eigenvalue weighted by Crippen LogP contribution is -2.42. The molecule has 0 atom stereocenters. The van der Waals surface area contributed by atoms with E-state index in [0.29, 0.717) is 31.6 Å². The van der Waals surface area contributed by atoms with Crippen molar-refractivity contribution in [3.05, 3.63) is 12.4 Å². The number of H-pyrrole nitrogens is 1. The summed E-state index contributed by atoms with van der Waals surface area (Å²) >= 11 is 0. The first-order valence-corrected chi connectivity index (χ1v) is 7.91. The molecule has 1 saturated heterocycles. The van der Waals surface area contributed by atoms with E-state index in [0.717, 1.165) is 0 Å². The fourth-order valence-electron chi connectivity index (χ4n) is 2.14. The molecule has 1 aromatic heterocycles. The number of carbonyl (C=O) groups excluding carboxylic acids is 1. The van der Waals surface area contributed by atoms with Crippen LogP contribution < -0.4 is 5.32 Å². The van der Waals surface area contributed by atoms with Crippen molar-refractivity contribution < 1.29 is 13.2 Å². The monoisotopic (exact) mass is 286 g/mol. The molecule has 19 heavy (non-hydrogen) atoms. The third kappa shape index (κ3) is 3.32. The van der Waals surface area contributed by atoms with Crippen molar-refractivity contribution in [1.82, 2.24) is 14.5 Å². The molecule has 8 heteroatoms. The number of anilines is 1. The summed E-state index contributed by atoms with van der Waals surface area (Å²) in [5.41, 5.74) is 0.633. The second-order valence-corrected chi connectivity index (χ2v) is 6.81. The first-order valence-electron chi connectivity index (χ1n) is 6.30. The Labute approximate surface area is 112 Å². The van der Waals surface area contributed by atoms with Gasteiger partial charge in [0.05, 0.1) is 17.6 Å². The van der Waals surface area contributed by atoms with E-state index in [-0.39, 0.29) is 17.6 Å². The molecule has 106 valence electrons. The van der Waals surface area contributed by atoms with Crippen LogP contribution in [0.1, 0.15) is 19.8 Å². The van der Waals surface area contributed by atoms with Crippen LogP contribution in [0.2, 0.25) is 0 Å². The minimum absolute atomic E-state index is 0.0741. The topological polar surface area (TPSA) is 95.2 Å². The Morgan fingerprint density at radius 1 is 1.53 bits per heavy atom. The molecular weight excluding hydrogens is 268 g/mol. The number of piperidine rings is 1. The summed E-state index contributed by atoms with van der Waals surface area (Å²) < 4.78 is 24.9. The maximum atomic E-state index is 12.0. The Morgan fingerprint density at radius 3 is 2.74 bits per heavy atom. The summed E-state index contributed by atoms with van der Waals surface area (Å²) in [7, 11) is -3.13. The SMILES string of the molecule is CCS(=O)(=O)N1CCC(C(=O)Nc2cn[nH]c2)CC1. The minimum atomic E-state index is -3.13. The van der Waals surface area contributed by atoms with E-state index in [2.05, 4.69) is 15.5 Å². The molecule has 0 saturated carbocycles. The lowest BCUT2D eigenvalue weighted by molar-refractivity contribution is -0.120. The molecule has 0 aliphatic carbocycles. The van der Waals surface area contributed by atoms with Crippen molar-refractivity contribution in [2.45, 2.75) is 19.8 Å². The van der Waals surface area contributed by atoms with Crippen LogP contribution in [0.3, 0.4) is 0 Å². The highest BCUT2D eigenvalue weighted by Crippen LogP contribution is 2.21. The summed E-state index contributed by atoms with van der Waals surface area (Å²) in [5.74, 6) is -0.105. The van der Waals surface area contributed by atoms with Crippen molar-refractivity contribution in [3.8, 4) is 0 Å². The smallest absolute Gasteiger partial charge is 0.227 e. The number of hydrogen-bond donors (Lipinski definition) is 2. The molecule has 0 radical (unpaired) electrons. The first kappa shape index (κ1) is 14.0. The number of sulfonamides is 1. The lowest BCUT2D eigenvalue weighted by atomic mass is 9.97. The lowest BCUT2D eigenvalue weighted by Gasteiger charge is -2.30. The Kier molecular flexibility index (Phi) is 4.20. The Morgan fingerprint density at radius 2 is 2.21 bits per heavy atom. The van der Waals surface area contributed by atoms with Gasteiger partial charge in [0.1, 0.15) is 0 Å². The summed E-state index contributed by atoms with van der Waals surface area (Å²) in [6, 6.07) is 0. The molecule has 1 aromatic rings. The third-order valence-corrected chi connectivity index (χ3v) is 5.23. The van der Waals surface area contributed by atoms with Crippen LogP contribution in [-0.2, 0) is 14.8 Å². The number of amides is 1. The van der Waals surface area contributed by atoms with Gasteiger partial charge in [0.15, 0.2) is 0 Å². The van der Waals surface area contributed by atoms with Gasteiger partial charge < -0.3 is 5.32 Å². The van der Waals surface area contributed by atoms with E-state index < -0.39 is 10.0 Å². The summed E-state index contributed by atoms with van der Waals surface area (Å²) in [6.45, 7) is 2.46. The third-order valence-electron chi connectivity index (χ3n) is 3.35. The zero-order chi connectivity index (χ0) is 13.9. The van der Waals surface area contributed by atoms with Gasteiger partial charge in [-0.2, -0.15) is 5.10 Å². The zero-order valence-corrected chi connectivity index (χ0v) is 11.6. The van der Waals surface area contributed by atoms with Crippen molar-refractivity contribution in [1.29, 1.82) is 0 Å². The van der Waals surface area contributed by atoms with Gasteiger partial charge in [-0.15, -0.1) is 0 Å². The van der Waals surface area contributed by atoms with Gasteiger partial charge in [-0.1, -0.05) is 0 Å². The number of nitrogens with zero attached hydrogens (tertiary/aromatic N) is 2. The number of aromatic nitrogens is 2. The van der Waals surface area contributed by atoms with E-state index in [9.17, 15) is 13.2 Å². The highest BCUT2D eigenvalue weighted by Gasteiger charge is 2.30. The fraction of sp³-hybridized carbons (Fsp3) is 0.636. The van der Waals surface area contributed by atoms with E-state index in [4.69, 9.17) is 0 Å². The van der Waals surface area contributed by atoms with Crippen LogP contribution in [-0.4, -0.2) is 47.7 Å². The van der Waals surface area contributed by atoms with Crippen molar-refractivity contribution >= 4 is 21.6 Å². The minimum Gasteiger partial charge on any atom is -0.323 e. The summed E-state index contributed by atoms with van der Waals surface area (Å²) in [5, 5.41) is 9.13. The predicted octanol–water partition coefficient (Wildman–Crippen LogP) is 0.410. The number of nitrogens with one attached hydrogen (secondary N) is 2. The maximum absolute atomic E-state index is 12.0. The molecular formula is C11H18N4O3S. The average Bonchev–Trinajstić information content (AvgIpc) is 2.91. The molecule has 1 aliphatic heterocycles. The molecule has 1 aliphatic rings. The number of aromatic amines is 1. The van der Waals surface area contributed by atoms with Gasteiger partial charge >= 0.3 is 0 Å². The van der Waals surface area contributed by atoms with Crippen LogP contribution in [0, 0.1) is 5.92 Å².